The number of hydrogen-bond donors (Lipinski definition) is 3. The van der Waals surface area contributed by atoms with E-state index in [1.165, 1.54) is 18.2 Å². The van der Waals surface area contributed by atoms with E-state index >= 15 is 0 Å². The fourth-order valence-electron chi connectivity index (χ4n) is 2.27. The highest BCUT2D eigenvalue weighted by atomic mass is 79.9. The van der Waals surface area contributed by atoms with Crippen molar-refractivity contribution in [2.45, 2.75) is 11.1 Å². The number of H-pyrrole nitrogens is 2. The molecule has 0 spiro atoms. The monoisotopic (exact) mass is 462 g/mol. The van der Waals surface area contributed by atoms with Crippen molar-refractivity contribution in [3.05, 3.63) is 63.0 Å². The molecule has 3 rings (SSSR count). The number of aromatic amines is 2. The molecule has 0 fully saturated rings. The van der Waals surface area contributed by atoms with Gasteiger partial charge in [0.2, 0.25) is 0 Å². The molecule has 0 radical (unpaired) electrons. The summed E-state index contributed by atoms with van der Waals surface area (Å²) >= 11 is 3.09. The van der Waals surface area contributed by atoms with E-state index in [-0.39, 0.29) is 26.4 Å². The van der Waals surface area contributed by atoms with Crippen LogP contribution in [0, 0.1) is 0 Å². The average molecular weight is 463 g/mol. The minimum Gasteiger partial charge on any atom is -0.289 e. The topological polar surface area (TPSA) is 108 Å². The fraction of sp³-hybridized carbons (Fsp3) is 0.0667. The molecular formula is C15H10BrF3N4O3S. The van der Waals surface area contributed by atoms with Crippen molar-refractivity contribution >= 4 is 31.6 Å². The zero-order chi connectivity index (χ0) is 19.8. The molecule has 2 aromatic carbocycles. The number of sulfonamides is 1. The van der Waals surface area contributed by atoms with Gasteiger partial charge in [0.05, 0.1) is 11.3 Å². The second-order valence-corrected chi connectivity index (χ2v) is 7.86. The third-order valence-corrected chi connectivity index (χ3v) is 5.81. The molecule has 0 aliphatic rings. The van der Waals surface area contributed by atoms with Crippen molar-refractivity contribution in [2.24, 2.45) is 0 Å². The van der Waals surface area contributed by atoms with E-state index in [4.69, 9.17) is 0 Å². The summed E-state index contributed by atoms with van der Waals surface area (Å²) in [4.78, 5) is 13.3. The normalized spacial score (nSPS) is 12.1. The predicted molar refractivity (Wildman–Crippen MR) is 94.6 cm³/mol. The third kappa shape index (κ3) is 4.22. The van der Waals surface area contributed by atoms with Crippen molar-refractivity contribution in [3.63, 3.8) is 0 Å². The Labute approximate surface area is 158 Å². The average Bonchev–Trinajstić information content (AvgIpc) is 3.00. The first-order valence-electron chi connectivity index (χ1n) is 7.21. The van der Waals surface area contributed by atoms with E-state index in [0.717, 1.165) is 12.1 Å². The lowest BCUT2D eigenvalue weighted by Crippen LogP contribution is -2.15. The largest absolute Gasteiger partial charge is 0.416 e. The summed E-state index contributed by atoms with van der Waals surface area (Å²) < 4.78 is 67.0. The van der Waals surface area contributed by atoms with E-state index < -0.39 is 27.5 Å². The second kappa shape index (κ2) is 6.85. The van der Waals surface area contributed by atoms with Crippen molar-refractivity contribution in [1.82, 2.24) is 15.2 Å². The number of anilines is 1. The molecule has 0 aliphatic heterocycles. The maximum Gasteiger partial charge on any atom is 0.416 e. The minimum atomic E-state index is -4.74. The van der Waals surface area contributed by atoms with Crippen LogP contribution in [0.3, 0.4) is 0 Å². The highest BCUT2D eigenvalue weighted by Gasteiger charge is 2.32. The molecule has 1 heterocycles. The molecule has 3 aromatic rings. The number of alkyl halides is 3. The Kier molecular flexibility index (Phi) is 4.86. The molecule has 0 bridgehead atoms. The van der Waals surface area contributed by atoms with Crippen LogP contribution >= 0.6 is 15.9 Å². The van der Waals surface area contributed by atoms with Gasteiger partial charge in [-0.05, 0) is 46.3 Å². The number of rotatable bonds is 4. The Balaban J connectivity index is 2.10. The standard InChI is InChI=1S/C15H10BrF3N4O3S/c16-11-3-1-2-4-12(11)27(25,26)23-10-6-8(13-20-14(24)22-21-13)5-9(7-10)15(17,18)19/h1-7,23H,(H2,20,21,22,24). The van der Waals surface area contributed by atoms with Gasteiger partial charge in [-0.25, -0.2) is 18.3 Å². The number of benzene rings is 2. The molecule has 1 aromatic heterocycles. The molecule has 0 unspecified atom stereocenters. The Hall–Kier alpha value is -2.60. The first-order valence-corrected chi connectivity index (χ1v) is 9.48. The van der Waals surface area contributed by atoms with Crippen LogP contribution in [-0.2, 0) is 16.2 Å². The van der Waals surface area contributed by atoms with Crippen LogP contribution in [0.25, 0.3) is 11.4 Å². The summed E-state index contributed by atoms with van der Waals surface area (Å²) in [5, 5.41) is 5.61. The lowest BCUT2D eigenvalue weighted by atomic mass is 10.1. The fourth-order valence-corrected chi connectivity index (χ4v) is 4.31. The third-order valence-electron chi connectivity index (χ3n) is 3.41. The highest BCUT2D eigenvalue weighted by Crippen LogP contribution is 2.35. The van der Waals surface area contributed by atoms with Crippen molar-refractivity contribution in [3.8, 4) is 11.4 Å². The summed E-state index contributed by atoms with van der Waals surface area (Å²) in [5.74, 6) is -0.160. The molecule has 0 saturated carbocycles. The van der Waals surface area contributed by atoms with Gasteiger partial charge >= 0.3 is 11.9 Å². The van der Waals surface area contributed by atoms with Crippen molar-refractivity contribution in [2.75, 3.05) is 4.72 Å². The molecule has 0 atom stereocenters. The van der Waals surface area contributed by atoms with E-state index in [9.17, 15) is 26.4 Å². The Morgan fingerprint density at radius 2 is 1.81 bits per heavy atom. The number of aromatic nitrogens is 3. The van der Waals surface area contributed by atoms with Crippen molar-refractivity contribution < 1.29 is 21.6 Å². The summed E-state index contributed by atoms with van der Waals surface area (Å²) in [6.45, 7) is 0. The van der Waals surface area contributed by atoms with E-state index in [0.29, 0.717) is 6.07 Å². The van der Waals surface area contributed by atoms with Gasteiger partial charge < -0.3 is 0 Å². The van der Waals surface area contributed by atoms with Crippen molar-refractivity contribution in [1.29, 1.82) is 0 Å². The molecule has 0 saturated heterocycles. The van der Waals surface area contributed by atoms with Gasteiger partial charge in [0.25, 0.3) is 10.0 Å². The highest BCUT2D eigenvalue weighted by molar-refractivity contribution is 9.10. The second-order valence-electron chi connectivity index (χ2n) is 5.36. The van der Waals surface area contributed by atoms with Gasteiger partial charge in [-0.3, -0.25) is 9.71 Å². The van der Waals surface area contributed by atoms with E-state index in [1.807, 2.05) is 5.10 Å². The van der Waals surface area contributed by atoms with Gasteiger partial charge in [-0.2, -0.15) is 18.3 Å². The summed E-state index contributed by atoms with van der Waals surface area (Å²) in [6, 6.07) is 8.40. The molecule has 0 aliphatic carbocycles. The van der Waals surface area contributed by atoms with Crippen LogP contribution in [0.5, 0.6) is 0 Å². The van der Waals surface area contributed by atoms with Crippen LogP contribution in [0.15, 0.2) is 56.6 Å². The van der Waals surface area contributed by atoms with Gasteiger partial charge in [0.15, 0.2) is 5.82 Å². The zero-order valence-electron chi connectivity index (χ0n) is 13.1. The maximum atomic E-state index is 13.2. The molecule has 7 nitrogen and oxygen atoms in total. The molecule has 27 heavy (non-hydrogen) atoms. The van der Waals surface area contributed by atoms with E-state index in [1.54, 1.807) is 6.07 Å². The van der Waals surface area contributed by atoms with Gasteiger partial charge in [0.1, 0.15) is 4.90 Å². The first kappa shape index (κ1) is 19.2. The van der Waals surface area contributed by atoms with Crippen LogP contribution in [0.4, 0.5) is 18.9 Å². The van der Waals surface area contributed by atoms with Gasteiger partial charge in [-0.15, -0.1) is 0 Å². The SMILES string of the molecule is O=c1[nH]nc(-c2cc(NS(=O)(=O)c3ccccc3Br)cc(C(F)(F)F)c2)[nH]1. The predicted octanol–water partition coefficient (Wildman–Crippen LogP) is 3.35. The molecule has 0 amide bonds. The maximum absolute atomic E-state index is 13.2. The minimum absolute atomic E-state index is 0.118. The van der Waals surface area contributed by atoms with Gasteiger partial charge in [-0.1, -0.05) is 12.1 Å². The quantitative estimate of drug-likeness (QED) is 0.552. The van der Waals surface area contributed by atoms with Crippen LogP contribution in [0.1, 0.15) is 5.56 Å². The van der Waals surface area contributed by atoms with E-state index in [2.05, 4.69) is 30.7 Å². The molecular weight excluding hydrogens is 453 g/mol. The van der Waals surface area contributed by atoms with Crippen LogP contribution < -0.4 is 10.4 Å². The van der Waals surface area contributed by atoms with Crippen LogP contribution in [-0.4, -0.2) is 23.6 Å². The lowest BCUT2D eigenvalue weighted by Gasteiger charge is -2.14. The first-order chi connectivity index (χ1) is 12.6. The Morgan fingerprint density at radius 3 is 2.41 bits per heavy atom. The molecule has 142 valence electrons. The molecule has 12 heteroatoms. The Bertz CT molecular complexity index is 1160. The number of nitrogens with zero attached hydrogens (tertiary/aromatic N) is 1. The number of hydrogen-bond acceptors (Lipinski definition) is 4. The number of nitrogens with one attached hydrogen (secondary N) is 3. The Morgan fingerprint density at radius 1 is 1.11 bits per heavy atom. The van der Waals surface area contributed by atoms with Crippen LogP contribution in [0.2, 0.25) is 0 Å². The zero-order valence-corrected chi connectivity index (χ0v) is 15.5. The van der Waals surface area contributed by atoms with Gasteiger partial charge in [0, 0.05) is 10.0 Å². The summed E-state index contributed by atoms with van der Waals surface area (Å²) in [6.07, 6.45) is -4.74. The molecule has 3 N–H and O–H groups in total. The number of halogens is 4. The summed E-state index contributed by atoms with van der Waals surface area (Å²) in [7, 11) is -4.16. The smallest absolute Gasteiger partial charge is 0.289 e. The summed E-state index contributed by atoms with van der Waals surface area (Å²) in [5.41, 5.74) is -2.26. The lowest BCUT2D eigenvalue weighted by molar-refractivity contribution is -0.137.